The summed E-state index contributed by atoms with van der Waals surface area (Å²) in [6, 6.07) is 4.33. The van der Waals surface area contributed by atoms with Crippen LogP contribution in [0.2, 0.25) is 0 Å². The van der Waals surface area contributed by atoms with E-state index in [1.807, 2.05) is 0 Å². The second-order valence-corrected chi connectivity index (χ2v) is 3.66. The van der Waals surface area contributed by atoms with Crippen molar-refractivity contribution in [1.29, 1.82) is 0 Å². The molecule has 19 heavy (non-hydrogen) atoms. The third-order valence-corrected chi connectivity index (χ3v) is 2.34. The summed E-state index contributed by atoms with van der Waals surface area (Å²) >= 11 is 0. The maximum absolute atomic E-state index is 11.7. The number of ether oxygens (including phenoxy) is 2. The molecule has 6 heteroatoms. The van der Waals surface area contributed by atoms with Crippen molar-refractivity contribution in [2.24, 2.45) is 5.73 Å². The zero-order valence-electron chi connectivity index (χ0n) is 10.9. The van der Waals surface area contributed by atoms with E-state index in [2.05, 4.69) is 0 Å². The van der Waals surface area contributed by atoms with Crippen LogP contribution in [0.4, 0.5) is 0 Å². The van der Waals surface area contributed by atoms with Crippen LogP contribution in [0.15, 0.2) is 18.2 Å². The van der Waals surface area contributed by atoms with Gasteiger partial charge in [-0.05, 0) is 0 Å². The van der Waals surface area contributed by atoms with Gasteiger partial charge in [-0.1, -0.05) is 0 Å². The second-order valence-electron chi connectivity index (χ2n) is 3.66. The molecule has 1 aromatic carbocycles. The van der Waals surface area contributed by atoms with Gasteiger partial charge in [0.25, 0.3) is 0 Å². The van der Waals surface area contributed by atoms with E-state index in [-0.39, 0.29) is 35.5 Å². The van der Waals surface area contributed by atoms with Crippen molar-refractivity contribution >= 4 is 25.0 Å². The first-order valence-corrected chi connectivity index (χ1v) is 5.87. The van der Waals surface area contributed by atoms with Crippen LogP contribution in [0, 0.1) is 0 Å². The van der Waals surface area contributed by atoms with Crippen molar-refractivity contribution in [1.82, 2.24) is 0 Å². The third kappa shape index (κ3) is 3.68. The van der Waals surface area contributed by atoms with E-state index < -0.39 is 11.9 Å². The summed E-state index contributed by atoms with van der Waals surface area (Å²) in [6.07, 6.45) is 0. The Labute approximate surface area is 112 Å². The van der Waals surface area contributed by atoms with Crippen LogP contribution >= 0.6 is 0 Å². The molecule has 0 atom stereocenters. The fraction of sp³-hybridized carbons (Fsp3) is 0.308. The molecule has 0 heterocycles. The summed E-state index contributed by atoms with van der Waals surface area (Å²) in [4.78, 5) is 23.3. The number of carbonyl (C=O) groups is 2. The van der Waals surface area contributed by atoms with Crippen LogP contribution in [-0.2, 0) is 9.47 Å². The molecule has 0 amide bonds. The van der Waals surface area contributed by atoms with E-state index in [0.717, 1.165) is 0 Å². The summed E-state index contributed by atoms with van der Waals surface area (Å²) in [5.74, 6) is -1.04. The molecular weight excluding hydrogens is 245 g/mol. The van der Waals surface area contributed by atoms with Crippen molar-refractivity contribution in [2.75, 3.05) is 13.2 Å². The molecule has 0 saturated carbocycles. The molecular formula is C13H15BNO4. The zero-order chi connectivity index (χ0) is 14.4. The number of esters is 2. The molecule has 0 fully saturated rings. The van der Waals surface area contributed by atoms with Crippen LogP contribution in [0.25, 0.3) is 0 Å². The van der Waals surface area contributed by atoms with Gasteiger partial charge < -0.3 is 0 Å². The Kier molecular flexibility index (Phi) is 5.29. The van der Waals surface area contributed by atoms with E-state index in [0.29, 0.717) is 0 Å². The molecule has 0 bridgehead atoms. The van der Waals surface area contributed by atoms with E-state index in [1.54, 1.807) is 13.8 Å². The molecule has 0 aliphatic rings. The summed E-state index contributed by atoms with van der Waals surface area (Å²) in [5.41, 5.74) is 6.23. The van der Waals surface area contributed by atoms with Crippen molar-refractivity contribution in [2.45, 2.75) is 13.8 Å². The first-order chi connectivity index (χ1) is 9.01. The van der Waals surface area contributed by atoms with Gasteiger partial charge in [0.1, 0.15) is 0 Å². The summed E-state index contributed by atoms with van der Waals surface area (Å²) in [7, 11) is 5.53. The Balaban J connectivity index is 3.18. The van der Waals surface area contributed by atoms with E-state index in [4.69, 9.17) is 22.7 Å². The SMILES string of the molecule is [B]=C(N)c1cc(C(=O)OCC)ccc1C(=O)OCC. The van der Waals surface area contributed by atoms with Gasteiger partial charge in [-0.3, -0.25) is 0 Å². The number of carbonyl (C=O) groups excluding carboxylic acids is 2. The molecule has 0 saturated heterocycles. The number of nitrogens with two attached hydrogens (primary N) is 1. The topological polar surface area (TPSA) is 78.6 Å². The van der Waals surface area contributed by atoms with Gasteiger partial charge in [-0.2, -0.15) is 0 Å². The van der Waals surface area contributed by atoms with Crippen molar-refractivity contribution in [3.63, 3.8) is 0 Å². The van der Waals surface area contributed by atoms with Gasteiger partial charge in [-0.15, -0.1) is 0 Å². The molecule has 2 N–H and O–H groups in total. The normalized spacial score (nSPS) is 9.74. The van der Waals surface area contributed by atoms with Gasteiger partial charge in [0.2, 0.25) is 0 Å². The number of benzene rings is 1. The molecule has 1 aromatic rings. The van der Waals surface area contributed by atoms with E-state index in [1.165, 1.54) is 18.2 Å². The average Bonchev–Trinajstić information content (AvgIpc) is 2.38. The minimum absolute atomic E-state index is 0.0609. The predicted molar refractivity (Wildman–Crippen MR) is 72.4 cm³/mol. The average molecular weight is 260 g/mol. The van der Waals surface area contributed by atoms with Gasteiger partial charge in [0.15, 0.2) is 0 Å². The van der Waals surface area contributed by atoms with Gasteiger partial charge >= 0.3 is 112 Å². The first-order valence-electron chi connectivity index (χ1n) is 5.87. The van der Waals surface area contributed by atoms with E-state index >= 15 is 0 Å². The fourth-order valence-electron chi connectivity index (χ4n) is 1.51. The number of hydrogen-bond acceptors (Lipinski definition) is 5. The monoisotopic (exact) mass is 260 g/mol. The van der Waals surface area contributed by atoms with Crippen LogP contribution in [0.3, 0.4) is 0 Å². The van der Waals surface area contributed by atoms with Gasteiger partial charge in [-0.25, -0.2) is 0 Å². The molecule has 1 rings (SSSR count). The van der Waals surface area contributed by atoms with Crippen molar-refractivity contribution in [3.8, 4) is 0 Å². The molecule has 0 spiro atoms. The Hall–Kier alpha value is -2.11. The van der Waals surface area contributed by atoms with Gasteiger partial charge in [0, 0.05) is 0 Å². The van der Waals surface area contributed by atoms with Crippen molar-refractivity contribution in [3.05, 3.63) is 34.9 Å². The van der Waals surface area contributed by atoms with Crippen LogP contribution in [-0.4, -0.2) is 38.2 Å². The summed E-state index contributed by atoms with van der Waals surface area (Å²) < 4.78 is 9.75. The minimum atomic E-state index is -0.540. The quantitative estimate of drug-likeness (QED) is 0.621. The van der Waals surface area contributed by atoms with Crippen LogP contribution < -0.4 is 5.73 Å². The molecule has 0 aliphatic heterocycles. The Bertz CT molecular complexity index is 513. The number of hydrogen-bond donors (Lipinski definition) is 1. The standard InChI is InChI=1S/C13H15BNO4/c1-3-18-12(16)8-5-6-9(13(17)19-4-2)10(7-8)11(14)15/h5-7H,3-4,15H2,1-2H3. The number of rotatable bonds is 5. The maximum atomic E-state index is 11.7. The summed E-state index contributed by atoms with van der Waals surface area (Å²) in [6.45, 7) is 3.90. The molecule has 0 unspecified atom stereocenters. The predicted octanol–water partition coefficient (Wildman–Crippen LogP) is 0.645. The Morgan fingerprint density at radius 3 is 2.21 bits per heavy atom. The zero-order valence-corrected chi connectivity index (χ0v) is 10.9. The van der Waals surface area contributed by atoms with Crippen LogP contribution in [0.5, 0.6) is 0 Å². The second kappa shape index (κ2) is 6.73. The van der Waals surface area contributed by atoms with Crippen molar-refractivity contribution < 1.29 is 19.1 Å². The third-order valence-electron chi connectivity index (χ3n) is 2.34. The molecule has 5 nitrogen and oxygen atoms in total. The van der Waals surface area contributed by atoms with Gasteiger partial charge in [0.05, 0.1) is 0 Å². The van der Waals surface area contributed by atoms with E-state index in [9.17, 15) is 9.59 Å². The Morgan fingerprint density at radius 1 is 1.11 bits per heavy atom. The first kappa shape index (κ1) is 15.0. The van der Waals surface area contributed by atoms with Crippen LogP contribution in [0.1, 0.15) is 40.1 Å². The molecule has 0 aromatic heterocycles. The molecule has 99 valence electrons. The summed E-state index contributed by atoms with van der Waals surface area (Å²) in [5, 5.41) is 0. The Morgan fingerprint density at radius 2 is 1.68 bits per heavy atom. The molecule has 1 radical (unpaired) electrons. The molecule has 0 aliphatic carbocycles. The fourth-order valence-corrected chi connectivity index (χ4v) is 1.51.